The zero-order valence-electron chi connectivity index (χ0n) is 14.4. The molecule has 0 radical (unpaired) electrons. The lowest BCUT2D eigenvalue weighted by Gasteiger charge is -2.10. The van der Waals surface area contributed by atoms with Crippen LogP contribution in [-0.2, 0) is 0 Å². The number of thiophene rings is 1. The highest BCUT2D eigenvalue weighted by molar-refractivity contribution is 7.13. The maximum Gasteiger partial charge on any atom is 0.275 e. The van der Waals surface area contributed by atoms with Crippen LogP contribution in [0.1, 0.15) is 20.7 Å². The van der Waals surface area contributed by atoms with Crippen LogP contribution >= 0.6 is 11.3 Å². The molecule has 2 amide bonds. The van der Waals surface area contributed by atoms with Crippen LogP contribution in [0.3, 0.4) is 0 Å². The van der Waals surface area contributed by atoms with Gasteiger partial charge in [0.2, 0.25) is 0 Å². The monoisotopic (exact) mass is 390 g/mol. The van der Waals surface area contributed by atoms with E-state index in [0.717, 1.165) is 4.88 Å². The SMILES string of the molecule is O=C(NNC(=O)c1cc(-c2cccs2)nc2ccccc12)c1ccc[nH]c1=O. The van der Waals surface area contributed by atoms with Gasteiger partial charge in [0.05, 0.1) is 21.7 Å². The Labute approximate surface area is 163 Å². The van der Waals surface area contributed by atoms with E-state index < -0.39 is 17.4 Å². The number of fused-ring (bicyclic) bond motifs is 1. The lowest BCUT2D eigenvalue weighted by molar-refractivity contribution is 0.0846. The second-order valence-corrected chi connectivity index (χ2v) is 6.82. The summed E-state index contributed by atoms with van der Waals surface area (Å²) in [5, 5.41) is 2.59. The van der Waals surface area contributed by atoms with Gasteiger partial charge < -0.3 is 4.98 Å². The molecule has 3 heterocycles. The fourth-order valence-electron chi connectivity index (χ4n) is 2.76. The summed E-state index contributed by atoms with van der Waals surface area (Å²) in [6, 6.07) is 15.7. The van der Waals surface area contributed by atoms with Crippen molar-refractivity contribution in [2.45, 2.75) is 0 Å². The Kier molecular flexibility index (Phi) is 4.69. The molecular weight excluding hydrogens is 376 g/mol. The van der Waals surface area contributed by atoms with Crippen LogP contribution in [0, 0.1) is 0 Å². The number of aromatic nitrogens is 2. The number of para-hydroxylation sites is 1. The van der Waals surface area contributed by atoms with Gasteiger partial charge in [0, 0.05) is 11.6 Å². The molecule has 138 valence electrons. The number of amides is 2. The lowest BCUT2D eigenvalue weighted by Crippen LogP contribution is -2.43. The van der Waals surface area contributed by atoms with E-state index in [9.17, 15) is 14.4 Å². The molecule has 0 fully saturated rings. The second-order valence-electron chi connectivity index (χ2n) is 5.87. The molecule has 28 heavy (non-hydrogen) atoms. The topological polar surface area (TPSA) is 104 Å². The predicted molar refractivity (Wildman–Crippen MR) is 107 cm³/mol. The molecule has 0 saturated carbocycles. The number of carbonyl (C=O) groups is 2. The Morgan fingerprint density at radius 3 is 2.46 bits per heavy atom. The highest BCUT2D eigenvalue weighted by Gasteiger charge is 2.16. The normalized spacial score (nSPS) is 10.6. The summed E-state index contributed by atoms with van der Waals surface area (Å²) in [6.07, 6.45) is 1.42. The highest BCUT2D eigenvalue weighted by atomic mass is 32.1. The number of H-pyrrole nitrogens is 1. The summed E-state index contributed by atoms with van der Waals surface area (Å²) < 4.78 is 0. The third-order valence-electron chi connectivity index (χ3n) is 4.09. The zero-order valence-corrected chi connectivity index (χ0v) is 15.2. The van der Waals surface area contributed by atoms with Gasteiger partial charge in [-0.05, 0) is 35.7 Å². The number of hydrogen-bond donors (Lipinski definition) is 3. The first-order chi connectivity index (χ1) is 13.6. The number of carbonyl (C=O) groups excluding carboxylic acids is 2. The van der Waals surface area contributed by atoms with E-state index in [1.807, 2.05) is 35.7 Å². The molecule has 0 aliphatic rings. The molecule has 0 atom stereocenters. The molecule has 0 bridgehead atoms. The van der Waals surface area contributed by atoms with E-state index in [2.05, 4.69) is 20.8 Å². The van der Waals surface area contributed by atoms with Crippen LogP contribution in [-0.4, -0.2) is 21.8 Å². The number of aromatic amines is 1. The summed E-state index contributed by atoms with van der Waals surface area (Å²) >= 11 is 1.52. The van der Waals surface area contributed by atoms with Crippen molar-refractivity contribution in [1.29, 1.82) is 0 Å². The van der Waals surface area contributed by atoms with Crippen LogP contribution < -0.4 is 16.4 Å². The zero-order chi connectivity index (χ0) is 19.5. The molecule has 0 aliphatic heterocycles. The minimum atomic E-state index is -0.702. The fraction of sp³-hybridized carbons (Fsp3) is 0. The van der Waals surface area contributed by atoms with Crippen molar-refractivity contribution in [2.75, 3.05) is 0 Å². The minimum Gasteiger partial charge on any atom is -0.328 e. The third kappa shape index (κ3) is 3.40. The molecule has 0 unspecified atom stereocenters. The number of hydrazine groups is 1. The van der Waals surface area contributed by atoms with Crippen molar-refractivity contribution < 1.29 is 9.59 Å². The maximum atomic E-state index is 12.8. The number of benzene rings is 1. The minimum absolute atomic E-state index is 0.0957. The first-order valence-corrected chi connectivity index (χ1v) is 9.23. The fourth-order valence-corrected chi connectivity index (χ4v) is 3.45. The largest absolute Gasteiger partial charge is 0.328 e. The molecular formula is C20H14N4O3S. The van der Waals surface area contributed by atoms with E-state index >= 15 is 0 Å². The lowest BCUT2D eigenvalue weighted by atomic mass is 10.1. The van der Waals surface area contributed by atoms with E-state index in [-0.39, 0.29) is 5.56 Å². The Bertz CT molecular complexity index is 1230. The number of pyridine rings is 2. The van der Waals surface area contributed by atoms with Gasteiger partial charge in [-0.2, -0.15) is 0 Å². The number of nitrogens with zero attached hydrogens (tertiary/aromatic N) is 1. The second kappa shape index (κ2) is 7.45. The highest BCUT2D eigenvalue weighted by Crippen LogP contribution is 2.27. The predicted octanol–water partition coefficient (Wildman–Crippen LogP) is 2.73. The standard InChI is InChI=1S/C20H14N4O3S/c25-18-13(6-3-9-21-18)19(26)23-24-20(27)14-11-16(17-8-4-10-28-17)22-15-7-2-1-5-12(14)15/h1-11H,(H,21,25)(H,23,26)(H,24,27). The summed E-state index contributed by atoms with van der Waals surface area (Å²) in [5.41, 5.74) is 5.73. The molecule has 8 heteroatoms. The molecule has 3 N–H and O–H groups in total. The van der Waals surface area contributed by atoms with E-state index in [1.54, 1.807) is 12.1 Å². The molecule has 0 saturated heterocycles. The Balaban J connectivity index is 1.64. The smallest absolute Gasteiger partial charge is 0.275 e. The number of hydrogen-bond acceptors (Lipinski definition) is 5. The van der Waals surface area contributed by atoms with Crippen LogP contribution in [0.5, 0.6) is 0 Å². The average Bonchev–Trinajstić information content (AvgIpc) is 3.26. The quantitative estimate of drug-likeness (QED) is 0.468. The Morgan fingerprint density at radius 1 is 0.929 bits per heavy atom. The van der Waals surface area contributed by atoms with Crippen molar-refractivity contribution in [3.8, 4) is 10.6 Å². The first-order valence-electron chi connectivity index (χ1n) is 8.35. The molecule has 4 aromatic rings. The summed E-state index contributed by atoms with van der Waals surface area (Å²) in [4.78, 5) is 44.6. The van der Waals surface area contributed by atoms with Crippen molar-refractivity contribution in [3.63, 3.8) is 0 Å². The van der Waals surface area contributed by atoms with E-state index in [0.29, 0.717) is 22.2 Å². The Hall–Kier alpha value is -3.78. The van der Waals surface area contributed by atoms with Gasteiger partial charge in [-0.15, -0.1) is 11.3 Å². The van der Waals surface area contributed by atoms with Gasteiger partial charge in [-0.3, -0.25) is 25.2 Å². The molecule has 0 aliphatic carbocycles. The molecule has 3 aromatic heterocycles. The van der Waals surface area contributed by atoms with Crippen molar-refractivity contribution in [1.82, 2.24) is 20.8 Å². The molecule has 7 nitrogen and oxygen atoms in total. The molecule has 4 rings (SSSR count). The molecule has 0 spiro atoms. The van der Waals surface area contributed by atoms with Crippen LogP contribution in [0.2, 0.25) is 0 Å². The third-order valence-corrected chi connectivity index (χ3v) is 4.98. The molecule has 1 aromatic carbocycles. The van der Waals surface area contributed by atoms with Crippen molar-refractivity contribution in [2.24, 2.45) is 0 Å². The van der Waals surface area contributed by atoms with Gasteiger partial charge in [-0.1, -0.05) is 24.3 Å². The Morgan fingerprint density at radius 2 is 1.71 bits per heavy atom. The van der Waals surface area contributed by atoms with E-state index in [1.165, 1.54) is 29.7 Å². The van der Waals surface area contributed by atoms with Crippen LogP contribution in [0.15, 0.2) is 71.0 Å². The average molecular weight is 390 g/mol. The maximum absolute atomic E-state index is 12.8. The summed E-state index contributed by atoms with van der Waals surface area (Å²) in [6.45, 7) is 0. The van der Waals surface area contributed by atoms with Crippen LogP contribution in [0.25, 0.3) is 21.5 Å². The van der Waals surface area contributed by atoms with Gasteiger partial charge in [0.25, 0.3) is 17.4 Å². The summed E-state index contributed by atoms with van der Waals surface area (Å²) in [7, 11) is 0. The first kappa shape index (κ1) is 17.6. The number of rotatable bonds is 3. The van der Waals surface area contributed by atoms with Gasteiger partial charge in [0.15, 0.2) is 0 Å². The van der Waals surface area contributed by atoms with Crippen molar-refractivity contribution >= 4 is 34.1 Å². The summed E-state index contributed by atoms with van der Waals surface area (Å²) in [5.74, 6) is -1.20. The van der Waals surface area contributed by atoms with Gasteiger partial charge in [0.1, 0.15) is 5.56 Å². The van der Waals surface area contributed by atoms with Gasteiger partial charge >= 0.3 is 0 Å². The number of nitrogens with one attached hydrogen (secondary N) is 3. The van der Waals surface area contributed by atoms with E-state index in [4.69, 9.17) is 0 Å². The van der Waals surface area contributed by atoms with Crippen molar-refractivity contribution in [3.05, 3.63) is 87.7 Å². The van der Waals surface area contributed by atoms with Crippen LogP contribution in [0.4, 0.5) is 0 Å². The van der Waals surface area contributed by atoms with Gasteiger partial charge in [-0.25, -0.2) is 4.98 Å².